The third kappa shape index (κ3) is 3.95. The number of benzene rings is 1. The molecule has 0 saturated carbocycles. The summed E-state index contributed by atoms with van der Waals surface area (Å²) >= 11 is 0. The van der Waals surface area contributed by atoms with Gasteiger partial charge in [0.05, 0.1) is 5.56 Å². The molecule has 0 unspecified atom stereocenters. The van der Waals surface area contributed by atoms with E-state index < -0.39 is 12.6 Å². The largest absolute Gasteiger partial charge is 0.482 e. The van der Waals surface area contributed by atoms with Crippen molar-refractivity contribution < 1.29 is 19.4 Å². The minimum Gasteiger partial charge on any atom is -0.482 e. The molecule has 24 heavy (non-hydrogen) atoms. The fourth-order valence-electron chi connectivity index (χ4n) is 2.78. The summed E-state index contributed by atoms with van der Waals surface area (Å²) in [6, 6.07) is 8.77. The molecular weight excluding hydrogens is 308 g/mol. The van der Waals surface area contributed by atoms with Gasteiger partial charge in [-0.2, -0.15) is 0 Å². The average molecular weight is 330 g/mol. The first-order valence-corrected chi connectivity index (χ1v) is 7.74. The summed E-state index contributed by atoms with van der Waals surface area (Å²) in [6.07, 6.45) is 0. The summed E-state index contributed by atoms with van der Waals surface area (Å²) in [4.78, 5) is 23.0. The van der Waals surface area contributed by atoms with Crippen LogP contribution < -0.4 is 10.1 Å². The number of nitrogens with one attached hydrogen (secondary N) is 1. The zero-order valence-electron chi connectivity index (χ0n) is 14.3. The topological polar surface area (TPSA) is 80.6 Å². The van der Waals surface area contributed by atoms with Crippen molar-refractivity contribution in [3.8, 4) is 5.75 Å². The first kappa shape index (κ1) is 17.6. The molecule has 6 nitrogen and oxygen atoms in total. The van der Waals surface area contributed by atoms with Crippen LogP contribution in [0, 0.1) is 13.8 Å². The van der Waals surface area contributed by atoms with Crippen molar-refractivity contribution in [2.24, 2.45) is 0 Å². The number of rotatable bonds is 6. The molecule has 2 rings (SSSR count). The van der Waals surface area contributed by atoms with Crippen molar-refractivity contribution in [2.45, 2.75) is 33.7 Å². The van der Waals surface area contributed by atoms with E-state index in [-0.39, 0.29) is 11.9 Å². The van der Waals surface area contributed by atoms with E-state index >= 15 is 0 Å². The Labute approximate surface area is 141 Å². The first-order valence-electron chi connectivity index (χ1n) is 7.74. The third-order valence-corrected chi connectivity index (χ3v) is 3.72. The van der Waals surface area contributed by atoms with Crippen LogP contribution in [-0.2, 0) is 4.79 Å². The smallest absolute Gasteiger partial charge is 0.341 e. The zero-order valence-corrected chi connectivity index (χ0v) is 14.3. The summed E-state index contributed by atoms with van der Waals surface area (Å²) < 4.78 is 7.18. The number of nitrogens with zero attached hydrogens (tertiary/aromatic N) is 1. The van der Waals surface area contributed by atoms with Gasteiger partial charge in [-0.05, 0) is 58.0 Å². The number of hydrogen-bond donors (Lipinski definition) is 2. The van der Waals surface area contributed by atoms with E-state index in [4.69, 9.17) is 9.84 Å². The van der Waals surface area contributed by atoms with Crippen molar-refractivity contribution in [3.63, 3.8) is 0 Å². The van der Waals surface area contributed by atoms with Crippen LogP contribution in [0.25, 0.3) is 0 Å². The average Bonchev–Trinajstić information content (AvgIpc) is 2.81. The van der Waals surface area contributed by atoms with Gasteiger partial charge in [0.2, 0.25) is 0 Å². The lowest BCUT2D eigenvalue weighted by molar-refractivity contribution is -0.139. The van der Waals surface area contributed by atoms with E-state index in [1.54, 1.807) is 24.3 Å². The van der Waals surface area contributed by atoms with E-state index in [1.165, 1.54) is 0 Å². The van der Waals surface area contributed by atoms with Gasteiger partial charge in [-0.15, -0.1) is 0 Å². The Bertz CT molecular complexity index is 745. The van der Waals surface area contributed by atoms with Gasteiger partial charge in [-0.3, -0.25) is 4.79 Å². The van der Waals surface area contributed by atoms with Crippen molar-refractivity contribution in [1.29, 1.82) is 0 Å². The molecule has 128 valence electrons. The molecule has 2 N–H and O–H groups in total. The third-order valence-electron chi connectivity index (χ3n) is 3.72. The molecule has 1 heterocycles. The maximum Gasteiger partial charge on any atom is 0.341 e. The Morgan fingerprint density at radius 3 is 2.33 bits per heavy atom. The number of aryl methyl sites for hydroxylation is 1. The molecule has 0 aliphatic rings. The van der Waals surface area contributed by atoms with Gasteiger partial charge >= 0.3 is 5.97 Å². The Hall–Kier alpha value is -2.76. The number of carboxylic acids is 1. The molecule has 0 aliphatic heterocycles. The van der Waals surface area contributed by atoms with Crippen LogP contribution in [-0.4, -0.2) is 28.2 Å². The van der Waals surface area contributed by atoms with Gasteiger partial charge in [0.15, 0.2) is 6.61 Å². The van der Waals surface area contributed by atoms with E-state index in [1.807, 2.05) is 19.9 Å². The number of ether oxygens (including phenoxy) is 1. The predicted molar refractivity (Wildman–Crippen MR) is 91.8 cm³/mol. The maximum atomic E-state index is 12.5. The summed E-state index contributed by atoms with van der Waals surface area (Å²) in [6.45, 7) is 7.69. The van der Waals surface area contributed by atoms with E-state index in [0.717, 1.165) is 11.4 Å². The zero-order chi connectivity index (χ0) is 17.9. The number of aromatic nitrogens is 1. The minimum absolute atomic E-state index is 0.172. The molecular formula is C18H22N2O4. The first-order chi connectivity index (χ1) is 11.3. The van der Waals surface area contributed by atoms with Crippen molar-refractivity contribution in [3.05, 3.63) is 47.3 Å². The molecule has 0 fully saturated rings. The van der Waals surface area contributed by atoms with Crippen molar-refractivity contribution in [2.75, 3.05) is 11.9 Å². The maximum absolute atomic E-state index is 12.5. The number of amides is 1. The number of carbonyl (C=O) groups excluding carboxylic acids is 1. The van der Waals surface area contributed by atoms with E-state index in [0.29, 0.717) is 17.0 Å². The van der Waals surface area contributed by atoms with Crippen LogP contribution in [0.2, 0.25) is 0 Å². The fraction of sp³-hybridized carbons (Fsp3) is 0.333. The summed E-state index contributed by atoms with van der Waals surface area (Å²) in [5.41, 5.74) is 3.25. The van der Waals surface area contributed by atoms with Gasteiger partial charge in [0.1, 0.15) is 5.75 Å². The highest BCUT2D eigenvalue weighted by Crippen LogP contribution is 2.22. The lowest BCUT2D eigenvalue weighted by Crippen LogP contribution is -2.14. The SMILES string of the molecule is Cc1cc(C(=O)Nc2ccc(OCC(=O)O)cc2)c(C)n1C(C)C. The Kier molecular flexibility index (Phi) is 5.28. The molecule has 6 heteroatoms. The Balaban J connectivity index is 2.10. The molecule has 0 saturated heterocycles. The number of hydrogen-bond acceptors (Lipinski definition) is 3. The lowest BCUT2D eigenvalue weighted by atomic mass is 10.2. The highest BCUT2D eigenvalue weighted by Gasteiger charge is 2.17. The quantitative estimate of drug-likeness (QED) is 0.850. The fourth-order valence-corrected chi connectivity index (χ4v) is 2.78. The summed E-state index contributed by atoms with van der Waals surface area (Å²) in [7, 11) is 0. The monoisotopic (exact) mass is 330 g/mol. The number of aliphatic carboxylic acids is 1. The van der Waals surface area contributed by atoms with Crippen LogP contribution in [0.4, 0.5) is 5.69 Å². The molecule has 0 bridgehead atoms. The van der Waals surface area contributed by atoms with Crippen LogP contribution in [0.3, 0.4) is 0 Å². The van der Waals surface area contributed by atoms with Gasteiger partial charge in [0.25, 0.3) is 5.91 Å². The molecule has 1 amide bonds. The van der Waals surface area contributed by atoms with E-state index in [9.17, 15) is 9.59 Å². The van der Waals surface area contributed by atoms with Crippen molar-refractivity contribution in [1.82, 2.24) is 4.57 Å². The highest BCUT2D eigenvalue weighted by molar-refractivity contribution is 6.05. The standard InChI is InChI=1S/C18H22N2O4/c1-11(2)20-12(3)9-16(13(20)4)18(23)19-14-5-7-15(8-6-14)24-10-17(21)22/h5-9,11H,10H2,1-4H3,(H,19,23)(H,21,22). The number of carbonyl (C=O) groups is 2. The normalized spacial score (nSPS) is 10.7. The molecule has 0 spiro atoms. The van der Waals surface area contributed by atoms with Crippen LogP contribution in [0.15, 0.2) is 30.3 Å². The van der Waals surface area contributed by atoms with Crippen LogP contribution in [0.5, 0.6) is 5.75 Å². The Morgan fingerprint density at radius 2 is 1.83 bits per heavy atom. The molecule has 1 aromatic heterocycles. The number of anilines is 1. The van der Waals surface area contributed by atoms with Gasteiger partial charge < -0.3 is 19.7 Å². The second kappa shape index (κ2) is 7.21. The summed E-state index contributed by atoms with van der Waals surface area (Å²) in [5, 5.41) is 11.4. The van der Waals surface area contributed by atoms with Crippen molar-refractivity contribution >= 4 is 17.6 Å². The van der Waals surface area contributed by atoms with Gasteiger partial charge in [-0.1, -0.05) is 0 Å². The predicted octanol–water partition coefficient (Wildman–Crippen LogP) is 3.40. The van der Waals surface area contributed by atoms with Crippen LogP contribution >= 0.6 is 0 Å². The van der Waals surface area contributed by atoms with Gasteiger partial charge in [0, 0.05) is 23.1 Å². The van der Waals surface area contributed by atoms with Crippen LogP contribution in [0.1, 0.15) is 41.6 Å². The minimum atomic E-state index is -1.03. The second-order valence-corrected chi connectivity index (χ2v) is 5.91. The van der Waals surface area contributed by atoms with Gasteiger partial charge in [-0.25, -0.2) is 4.79 Å². The molecule has 0 radical (unpaired) electrons. The lowest BCUT2D eigenvalue weighted by Gasteiger charge is -2.13. The van der Waals surface area contributed by atoms with E-state index in [2.05, 4.69) is 23.7 Å². The summed E-state index contributed by atoms with van der Waals surface area (Å²) in [5.74, 6) is -0.768. The molecule has 2 aromatic rings. The molecule has 0 aliphatic carbocycles. The Morgan fingerprint density at radius 1 is 1.21 bits per heavy atom. The number of carboxylic acid groups (broad SMARTS) is 1. The molecule has 0 atom stereocenters. The second-order valence-electron chi connectivity index (χ2n) is 5.91. The highest BCUT2D eigenvalue weighted by atomic mass is 16.5. The molecule has 1 aromatic carbocycles.